The third-order valence-electron chi connectivity index (χ3n) is 3.51. The second-order valence-corrected chi connectivity index (χ2v) is 7.73. The Kier molecular flexibility index (Phi) is 6.95. The van der Waals surface area contributed by atoms with Gasteiger partial charge in [0.05, 0.1) is 23.1 Å². The average molecular weight is 411 g/mol. The van der Waals surface area contributed by atoms with Crippen molar-refractivity contribution in [2.75, 3.05) is 11.9 Å². The SMILES string of the molecule is CCOC(=O)c1ccc(NC(=O)[C@H](C)NS(=O)(=O)c2ccc(Cl)cc2)cc1. The largest absolute Gasteiger partial charge is 0.462 e. The van der Waals surface area contributed by atoms with Crippen LogP contribution in [0.3, 0.4) is 0 Å². The van der Waals surface area contributed by atoms with E-state index in [-0.39, 0.29) is 11.5 Å². The van der Waals surface area contributed by atoms with Crippen LogP contribution in [-0.2, 0) is 19.6 Å². The molecule has 1 amide bonds. The van der Waals surface area contributed by atoms with E-state index in [9.17, 15) is 18.0 Å². The Balaban J connectivity index is 2.01. The normalized spacial score (nSPS) is 12.3. The van der Waals surface area contributed by atoms with E-state index in [0.29, 0.717) is 16.3 Å². The van der Waals surface area contributed by atoms with Gasteiger partial charge >= 0.3 is 5.97 Å². The van der Waals surface area contributed by atoms with Crippen molar-refractivity contribution in [3.05, 3.63) is 59.1 Å². The fraction of sp³-hybridized carbons (Fsp3) is 0.222. The number of carbonyl (C=O) groups excluding carboxylic acids is 2. The van der Waals surface area contributed by atoms with Gasteiger partial charge in [-0.25, -0.2) is 13.2 Å². The quantitative estimate of drug-likeness (QED) is 0.683. The number of hydrogen-bond donors (Lipinski definition) is 2. The first kappa shape index (κ1) is 20.9. The Morgan fingerprint density at radius 1 is 1.07 bits per heavy atom. The monoisotopic (exact) mass is 410 g/mol. The third-order valence-corrected chi connectivity index (χ3v) is 5.32. The van der Waals surface area contributed by atoms with Crippen LogP contribution in [0.4, 0.5) is 5.69 Å². The third kappa shape index (κ3) is 5.78. The Morgan fingerprint density at radius 3 is 2.22 bits per heavy atom. The molecule has 27 heavy (non-hydrogen) atoms. The van der Waals surface area contributed by atoms with Crippen LogP contribution in [-0.4, -0.2) is 32.9 Å². The molecule has 0 heterocycles. The van der Waals surface area contributed by atoms with Crippen LogP contribution in [0, 0.1) is 0 Å². The van der Waals surface area contributed by atoms with E-state index in [1.165, 1.54) is 55.5 Å². The van der Waals surface area contributed by atoms with Crippen molar-refractivity contribution in [3.8, 4) is 0 Å². The van der Waals surface area contributed by atoms with Crippen molar-refractivity contribution >= 4 is 39.2 Å². The Hall–Kier alpha value is -2.42. The summed E-state index contributed by atoms with van der Waals surface area (Å²) in [6.45, 7) is 3.40. The van der Waals surface area contributed by atoms with Crippen molar-refractivity contribution in [2.24, 2.45) is 0 Å². The number of sulfonamides is 1. The molecule has 0 saturated carbocycles. The second-order valence-electron chi connectivity index (χ2n) is 5.58. The molecule has 0 aliphatic carbocycles. The Labute approximate surface area is 162 Å². The molecule has 0 aliphatic rings. The zero-order valence-corrected chi connectivity index (χ0v) is 16.3. The van der Waals surface area contributed by atoms with Gasteiger partial charge in [0, 0.05) is 10.7 Å². The maximum Gasteiger partial charge on any atom is 0.338 e. The highest BCUT2D eigenvalue weighted by Crippen LogP contribution is 2.15. The molecular weight excluding hydrogens is 392 g/mol. The fourth-order valence-corrected chi connectivity index (χ4v) is 3.45. The molecule has 0 spiro atoms. The lowest BCUT2D eigenvalue weighted by atomic mass is 10.2. The summed E-state index contributed by atoms with van der Waals surface area (Å²) in [6.07, 6.45) is 0. The minimum absolute atomic E-state index is 0.00494. The topological polar surface area (TPSA) is 102 Å². The highest BCUT2D eigenvalue weighted by Gasteiger charge is 2.22. The predicted molar refractivity (Wildman–Crippen MR) is 102 cm³/mol. The number of hydrogen-bond acceptors (Lipinski definition) is 5. The first-order valence-corrected chi connectivity index (χ1v) is 9.95. The highest BCUT2D eigenvalue weighted by atomic mass is 35.5. The van der Waals surface area contributed by atoms with Crippen molar-refractivity contribution in [3.63, 3.8) is 0 Å². The van der Waals surface area contributed by atoms with Crippen molar-refractivity contribution in [1.29, 1.82) is 0 Å². The number of esters is 1. The van der Waals surface area contributed by atoms with Gasteiger partial charge in [0.25, 0.3) is 0 Å². The summed E-state index contributed by atoms with van der Waals surface area (Å²) in [6, 6.07) is 10.7. The fourth-order valence-electron chi connectivity index (χ4n) is 2.12. The maximum absolute atomic E-state index is 12.3. The van der Waals surface area contributed by atoms with Gasteiger partial charge in [-0.1, -0.05) is 11.6 Å². The summed E-state index contributed by atoms with van der Waals surface area (Å²) in [5, 5.41) is 2.99. The summed E-state index contributed by atoms with van der Waals surface area (Å²) in [7, 11) is -3.87. The predicted octanol–water partition coefficient (Wildman–Crippen LogP) is 2.82. The van der Waals surface area contributed by atoms with Crippen molar-refractivity contribution in [1.82, 2.24) is 4.72 Å². The minimum Gasteiger partial charge on any atom is -0.462 e. The number of benzene rings is 2. The van der Waals surface area contributed by atoms with Crippen LogP contribution in [0.2, 0.25) is 5.02 Å². The lowest BCUT2D eigenvalue weighted by Crippen LogP contribution is -2.41. The van der Waals surface area contributed by atoms with E-state index in [1.807, 2.05) is 0 Å². The maximum atomic E-state index is 12.3. The molecule has 9 heteroatoms. The number of nitrogens with one attached hydrogen (secondary N) is 2. The number of anilines is 1. The van der Waals surface area contributed by atoms with Gasteiger partial charge in [0.2, 0.25) is 15.9 Å². The Bertz CT molecular complexity index is 912. The molecule has 2 rings (SSSR count). The molecule has 144 valence electrons. The number of amides is 1. The molecule has 1 atom stereocenters. The molecule has 7 nitrogen and oxygen atoms in total. The highest BCUT2D eigenvalue weighted by molar-refractivity contribution is 7.89. The van der Waals surface area contributed by atoms with Crippen molar-refractivity contribution < 1.29 is 22.7 Å². The van der Waals surface area contributed by atoms with Crippen LogP contribution in [0.25, 0.3) is 0 Å². The van der Waals surface area contributed by atoms with Crippen molar-refractivity contribution in [2.45, 2.75) is 24.8 Å². The van der Waals surface area contributed by atoms with Gasteiger partial charge < -0.3 is 10.1 Å². The van der Waals surface area contributed by atoms with Crippen LogP contribution < -0.4 is 10.0 Å². The molecular formula is C18H19ClN2O5S. The summed E-state index contributed by atoms with van der Waals surface area (Å²) < 4.78 is 31.8. The molecule has 0 saturated heterocycles. The summed E-state index contributed by atoms with van der Waals surface area (Å²) in [4.78, 5) is 23.9. The first-order chi connectivity index (χ1) is 12.7. The standard InChI is InChI=1S/C18H19ClN2O5S/c1-3-26-18(23)13-4-8-15(9-5-13)20-17(22)12(2)21-27(24,25)16-10-6-14(19)7-11-16/h4-12,21H,3H2,1-2H3,(H,20,22)/t12-/m0/s1. The van der Waals surface area contributed by atoms with Gasteiger partial charge in [-0.2, -0.15) is 4.72 Å². The molecule has 0 aliphatic heterocycles. The molecule has 0 fully saturated rings. The van der Waals surface area contributed by atoms with E-state index in [1.54, 1.807) is 6.92 Å². The summed E-state index contributed by atoms with van der Waals surface area (Å²) >= 11 is 5.75. The van der Waals surface area contributed by atoms with E-state index < -0.39 is 27.9 Å². The molecule has 0 radical (unpaired) electrons. The molecule has 0 aromatic heterocycles. The van der Waals surface area contributed by atoms with Gasteiger partial charge in [-0.3, -0.25) is 4.79 Å². The Morgan fingerprint density at radius 2 is 1.67 bits per heavy atom. The lowest BCUT2D eigenvalue weighted by molar-refractivity contribution is -0.117. The number of ether oxygens (including phenoxy) is 1. The molecule has 0 unspecified atom stereocenters. The van der Waals surface area contributed by atoms with E-state index >= 15 is 0 Å². The number of halogens is 1. The zero-order chi connectivity index (χ0) is 20.0. The van der Waals surface area contributed by atoms with Crippen LogP contribution in [0.5, 0.6) is 0 Å². The second kappa shape index (κ2) is 8.98. The smallest absolute Gasteiger partial charge is 0.338 e. The van der Waals surface area contributed by atoms with E-state index in [2.05, 4.69) is 10.0 Å². The van der Waals surface area contributed by atoms with Gasteiger partial charge in [-0.05, 0) is 62.4 Å². The summed E-state index contributed by atoms with van der Waals surface area (Å²) in [5.74, 6) is -1.00. The zero-order valence-electron chi connectivity index (χ0n) is 14.7. The number of rotatable bonds is 7. The summed E-state index contributed by atoms with van der Waals surface area (Å²) in [5.41, 5.74) is 0.775. The molecule has 2 aromatic carbocycles. The van der Waals surface area contributed by atoms with Crippen LogP contribution >= 0.6 is 11.6 Å². The van der Waals surface area contributed by atoms with Gasteiger partial charge in [-0.15, -0.1) is 0 Å². The first-order valence-electron chi connectivity index (χ1n) is 8.09. The minimum atomic E-state index is -3.87. The van der Waals surface area contributed by atoms with Gasteiger partial charge in [0.1, 0.15) is 0 Å². The van der Waals surface area contributed by atoms with Crippen LogP contribution in [0.15, 0.2) is 53.4 Å². The van der Waals surface area contributed by atoms with E-state index in [0.717, 1.165) is 0 Å². The van der Waals surface area contributed by atoms with Gasteiger partial charge in [0.15, 0.2) is 0 Å². The lowest BCUT2D eigenvalue weighted by Gasteiger charge is -2.14. The molecule has 0 bridgehead atoms. The van der Waals surface area contributed by atoms with Crippen LogP contribution in [0.1, 0.15) is 24.2 Å². The molecule has 2 aromatic rings. The average Bonchev–Trinajstić information content (AvgIpc) is 2.62. The van der Waals surface area contributed by atoms with E-state index in [4.69, 9.17) is 16.3 Å². The number of carbonyl (C=O) groups is 2. The molecule has 2 N–H and O–H groups in total.